The molecule has 0 aliphatic carbocycles. The van der Waals surface area contributed by atoms with Gasteiger partial charge in [0, 0.05) is 49.2 Å². The van der Waals surface area contributed by atoms with Crippen molar-refractivity contribution in [1.29, 1.82) is 0 Å². The SMILES string of the molecule is O=S(=O)(c1cccc2ccccc12)N1CCC(N2CCC(Oc3nccs3)CC2)CC1. The molecule has 0 bridgehead atoms. The van der Waals surface area contributed by atoms with Crippen LogP contribution in [0.1, 0.15) is 25.7 Å². The number of nitrogens with zero attached hydrogens (tertiary/aromatic N) is 3. The number of benzene rings is 2. The molecule has 0 amide bonds. The van der Waals surface area contributed by atoms with Crippen molar-refractivity contribution in [3.8, 4) is 5.19 Å². The smallest absolute Gasteiger partial charge is 0.273 e. The number of hydrogen-bond acceptors (Lipinski definition) is 6. The third-order valence-electron chi connectivity index (χ3n) is 6.46. The molecular weight excluding hydrogens is 430 g/mol. The number of sulfonamides is 1. The van der Waals surface area contributed by atoms with E-state index in [0.29, 0.717) is 24.0 Å². The second-order valence-electron chi connectivity index (χ2n) is 8.26. The lowest BCUT2D eigenvalue weighted by molar-refractivity contribution is 0.0584. The average molecular weight is 458 g/mol. The number of rotatable bonds is 5. The maximum atomic E-state index is 13.4. The van der Waals surface area contributed by atoms with Crippen LogP contribution < -0.4 is 4.74 Å². The van der Waals surface area contributed by atoms with E-state index in [9.17, 15) is 8.42 Å². The summed E-state index contributed by atoms with van der Waals surface area (Å²) in [7, 11) is -3.49. The van der Waals surface area contributed by atoms with Crippen molar-refractivity contribution in [2.45, 2.75) is 42.7 Å². The molecule has 2 saturated heterocycles. The number of piperidine rings is 2. The first kappa shape index (κ1) is 20.9. The third kappa shape index (κ3) is 4.35. The first-order valence-electron chi connectivity index (χ1n) is 10.9. The molecule has 31 heavy (non-hydrogen) atoms. The van der Waals surface area contributed by atoms with Gasteiger partial charge >= 0.3 is 0 Å². The number of thiazole rings is 1. The van der Waals surface area contributed by atoms with Crippen molar-refractivity contribution < 1.29 is 13.2 Å². The number of likely N-dealkylation sites (tertiary alicyclic amines) is 1. The summed E-state index contributed by atoms with van der Waals surface area (Å²) in [6.45, 7) is 3.14. The van der Waals surface area contributed by atoms with Crippen LogP contribution in [-0.2, 0) is 10.0 Å². The van der Waals surface area contributed by atoms with E-state index in [0.717, 1.165) is 54.7 Å². The van der Waals surface area contributed by atoms with Crippen LogP contribution in [0.4, 0.5) is 0 Å². The Morgan fingerprint density at radius 3 is 2.42 bits per heavy atom. The molecular formula is C23H27N3O3S2. The fourth-order valence-corrected chi connectivity index (χ4v) is 7.01. The Morgan fingerprint density at radius 1 is 0.935 bits per heavy atom. The third-order valence-corrected chi connectivity index (χ3v) is 9.08. The summed E-state index contributed by atoms with van der Waals surface area (Å²) in [5.74, 6) is 0. The monoisotopic (exact) mass is 457 g/mol. The zero-order valence-corrected chi connectivity index (χ0v) is 19.0. The van der Waals surface area contributed by atoms with Crippen molar-refractivity contribution in [2.24, 2.45) is 0 Å². The lowest BCUT2D eigenvalue weighted by Crippen LogP contribution is -2.50. The molecule has 2 aliphatic heterocycles. The minimum Gasteiger partial charge on any atom is -0.467 e. The fourth-order valence-electron chi connectivity index (χ4n) is 4.78. The van der Waals surface area contributed by atoms with Gasteiger partial charge in [0.15, 0.2) is 0 Å². The van der Waals surface area contributed by atoms with Crippen molar-refractivity contribution >= 4 is 32.1 Å². The molecule has 0 N–H and O–H groups in total. The maximum absolute atomic E-state index is 13.4. The Labute approximate surface area is 187 Å². The van der Waals surface area contributed by atoms with Crippen LogP contribution in [0.2, 0.25) is 0 Å². The van der Waals surface area contributed by atoms with Gasteiger partial charge in [-0.3, -0.25) is 0 Å². The Hall–Kier alpha value is -2.00. The lowest BCUT2D eigenvalue weighted by Gasteiger charge is -2.41. The molecule has 164 valence electrons. The highest BCUT2D eigenvalue weighted by Crippen LogP contribution is 2.30. The summed E-state index contributed by atoms with van der Waals surface area (Å²) in [5.41, 5.74) is 0. The second-order valence-corrected chi connectivity index (χ2v) is 11.0. The molecule has 2 aliphatic rings. The summed E-state index contributed by atoms with van der Waals surface area (Å²) in [4.78, 5) is 7.15. The molecule has 0 atom stereocenters. The van der Waals surface area contributed by atoms with Gasteiger partial charge in [0.05, 0.1) is 4.90 Å². The normalized spacial score (nSPS) is 20.3. The molecule has 1 aromatic heterocycles. The van der Waals surface area contributed by atoms with Crippen molar-refractivity contribution in [3.63, 3.8) is 0 Å². The first-order chi connectivity index (χ1) is 15.1. The molecule has 0 radical (unpaired) electrons. The summed E-state index contributed by atoms with van der Waals surface area (Å²) < 4.78 is 34.4. The van der Waals surface area contributed by atoms with Gasteiger partial charge in [0.2, 0.25) is 10.0 Å². The topological polar surface area (TPSA) is 62.7 Å². The van der Waals surface area contributed by atoms with Gasteiger partial charge in [-0.1, -0.05) is 47.7 Å². The molecule has 0 unspecified atom stereocenters. The maximum Gasteiger partial charge on any atom is 0.273 e. The zero-order chi connectivity index (χ0) is 21.3. The minimum absolute atomic E-state index is 0.231. The molecule has 2 fully saturated rings. The minimum atomic E-state index is -3.49. The summed E-state index contributed by atoms with van der Waals surface area (Å²) in [6, 6.07) is 13.7. The van der Waals surface area contributed by atoms with Gasteiger partial charge in [-0.2, -0.15) is 4.31 Å². The molecule has 0 saturated carbocycles. The number of aromatic nitrogens is 1. The van der Waals surface area contributed by atoms with E-state index in [1.165, 1.54) is 11.3 Å². The highest BCUT2D eigenvalue weighted by molar-refractivity contribution is 7.89. The predicted octanol–water partition coefficient (Wildman–Crippen LogP) is 3.99. The summed E-state index contributed by atoms with van der Waals surface area (Å²) >= 11 is 1.54. The van der Waals surface area contributed by atoms with Gasteiger partial charge in [-0.15, -0.1) is 0 Å². The van der Waals surface area contributed by atoms with E-state index in [-0.39, 0.29) is 6.10 Å². The van der Waals surface area contributed by atoms with Crippen molar-refractivity contribution in [1.82, 2.24) is 14.2 Å². The highest BCUT2D eigenvalue weighted by Gasteiger charge is 2.34. The van der Waals surface area contributed by atoms with Crippen LogP contribution in [0.3, 0.4) is 0 Å². The number of hydrogen-bond donors (Lipinski definition) is 0. The van der Waals surface area contributed by atoms with E-state index in [4.69, 9.17) is 4.74 Å². The van der Waals surface area contributed by atoms with Crippen molar-refractivity contribution in [2.75, 3.05) is 26.2 Å². The quantitative estimate of drug-likeness (QED) is 0.580. The van der Waals surface area contributed by atoms with E-state index in [1.54, 1.807) is 16.6 Å². The highest BCUT2D eigenvalue weighted by atomic mass is 32.2. The van der Waals surface area contributed by atoms with Gasteiger partial charge in [0.1, 0.15) is 6.10 Å². The fraction of sp³-hybridized carbons (Fsp3) is 0.435. The zero-order valence-electron chi connectivity index (χ0n) is 17.4. The molecule has 5 rings (SSSR count). The molecule has 0 spiro atoms. The van der Waals surface area contributed by atoms with Crippen LogP contribution in [0.5, 0.6) is 5.19 Å². The van der Waals surface area contributed by atoms with E-state index >= 15 is 0 Å². The van der Waals surface area contributed by atoms with Crippen LogP contribution in [-0.4, -0.2) is 60.9 Å². The first-order valence-corrected chi connectivity index (χ1v) is 13.2. The Kier molecular flexibility index (Phi) is 5.97. The standard InChI is InChI=1S/C23H27N3O3S2/c27-31(28,22-7-3-5-18-4-1-2-6-21(18)22)26-15-8-19(9-16-26)25-13-10-20(11-14-25)29-23-24-12-17-30-23/h1-7,12,17,19-20H,8-11,13-16H2. The van der Waals surface area contributed by atoms with Gasteiger partial charge in [-0.05, 0) is 37.1 Å². The largest absolute Gasteiger partial charge is 0.467 e. The van der Waals surface area contributed by atoms with E-state index in [1.807, 2.05) is 41.8 Å². The summed E-state index contributed by atoms with van der Waals surface area (Å²) in [5, 5.41) is 4.45. The van der Waals surface area contributed by atoms with E-state index in [2.05, 4.69) is 9.88 Å². The second kappa shape index (κ2) is 8.86. The lowest BCUT2D eigenvalue weighted by atomic mass is 10.00. The van der Waals surface area contributed by atoms with E-state index < -0.39 is 10.0 Å². The molecule has 3 heterocycles. The average Bonchev–Trinajstić information content (AvgIpc) is 3.32. The van der Waals surface area contributed by atoms with Crippen LogP contribution >= 0.6 is 11.3 Å². The van der Waals surface area contributed by atoms with Gasteiger partial charge in [0.25, 0.3) is 5.19 Å². The van der Waals surface area contributed by atoms with Gasteiger partial charge < -0.3 is 9.64 Å². The summed E-state index contributed by atoms with van der Waals surface area (Å²) in [6.07, 6.45) is 5.75. The van der Waals surface area contributed by atoms with Crippen LogP contribution in [0, 0.1) is 0 Å². The Balaban J connectivity index is 1.20. The number of ether oxygens (including phenoxy) is 1. The number of fused-ring (bicyclic) bond motifs is 1. The van der Waals surface area contributed by atoms with Crippen LogP contribution in [0.15, 0.2) is 58.9 Å². The molecule has 3 aromatic rings. The van der Waals surface area contributed by atoms with Crippen LogP contribution in [0.25, 0.3) is 10.8 Å². The predicted molar refractivity (Wildman–Crippen MR) is 123 cm³/mol. The van der Waals surface area contributed by atoms with Gasteiger partial charge in [-0.25, -0.2) is 13.4 Å². The Morgan fingerprint density at radius 2 is 1.68 bits per heavy atom. The Bertz CT molecular complexity index is 1110. The molecule has 6 nitrogen and oxygen atoms in total. The molecule has 8 heteroatoms. The van der Waals surface area contributed by atoms with Crippen molar-refractivity contribution in [3.05, 3.63) is 54.0 Å². The molecule has 2 aromatic carbocycles.